The second-order valence-corrected chi connectivity index (χ2v) is 7.03. The highest BCUT2D eigenvalue weighted by atomic mass is 16.1. The molecule has 5 heteroatoms. The second kappa shape index (κ2) is 7.64. The first-order valence-electron chi connectivity index (χ1n) is 8.99. The van der Waals surface area contributed by atoms with Crippen LogP contribution in [0.2, 0.25) is 0 Å². The average molecular weight is 338 g/mol. The molecule has 1 fully saturated rings. The molecule has 1 aromatic heterocycles. The molecule has 0 unspecified atom stereocenters. The van der Waals surface area contributed by atoms with Gasteiger partial charge in [0.1, 0.15) is 0 Å². The van der Waals surface area contributed by atoms with Crippen molar-refractivity contribution in [2.75, 3.05) is 23.3 Å². The molecule has 1 amide bonds. The van der Waals surface area contributed by atoms with Crippen LogP contribution >= 0.6 is 0 Å². The molecule has 0 atom stereocenters. The fourth-order valence-electron chi connectivity index (χ4n) is 3.28. The lowest BCUT2D eigenvalue weighted by atomic mass is 9.95. The number of nitrogens with one attached hydrogen (secondary N) is 1. The number of nitrogens with zero attached hydrogens (tertiary/aromatic N) is 3. The van der Waals surface area contributed by atoms with E-state index in [-0.39, 0.29) is 11.8 Å². The van der Waals surface area contributed by atoms with Crippen LogP contribution in [0, 0.1) is 12.8 Å². The minimum absolute atomic E-state index is 0.0508. The van der Waals surface area contributed by atoms with E-state index in [1.54, 1.807) is 0 Å². The number of para-hydroxylation sites is 1. The van der Waals surface area contributed by atoms with Gasteiger partial charge in [0, 0.05) is 24.7 Å². The third-order valence-corrected chi connectivity index (χ3v) is 4.81. The molecule has 1 N–H and O–H groups in total. The quantitative estimate of drug-likeness (QED) is 0.922. The summed E-state index contributed by atoms with van der Waals surface area (Å²) < 4.78 is 0. The molecule has 0 radical (unpaired) electrons. The Hall–Kier alpha value is -2.43. The SMILES string of the molecule is Cc1ccc(N2CCC(C(=O)Nc3ccccc3C(C)C)CC2)nn1. The lowest BCUT2D eigenvalue weighted by molar-refractivity contribution is -0.120. The van der Waals surface area contributed by atoms with Gasteiger partial charge >= 0.3 is 0 Å². The van der Waals surface area contributed by atoms with Crippen LogP contribution in [0.1, 0.15) is 43.9 Å². The largest absolute Gasteiger partial charge is 0.355 e. The molecule has 2 aromatic rings. The van der Waals surface area contributed by atoms with Crippen molar-refractivity contribution in [3.8, 4) is 0 Å². The van der Waals surface area contributed by atoms with Crippen LogP contribution in [0.5, 0.6) is 0 Å². The van der Waals surface area contributed by atoms with Gasteiger partial charge in [-0.3, -0.25) is 4.79 Å². The highest BCUT2D eigenvalue weighted by Crippen LogP contribution is 2.26. The van der Waals surface area contributed by atoms with Crippen molar-refractivity contribution >= 4 is 17.4 Å². The third kappa shape index (κ3) is 4.16. The third-order valence-electron chi connectivity index (χ3n) is 4.81. The van der Waals surface area contributed by atoms with E-state index in [0.717, 1.165) is 43.1 Å². The highest BCUT2D eigenvalue weighted by molar-refractivity contribution is 5.93. The van der Waals surface area contributed by atoms with Crippen LogP contribution < -0.4 is 10.2 Å². The molecule has 0 spiro atoms. The Morgan fingerprint density at radius 2 is 1.84 bits per heavy atom. The molecule has 1 aliphatic heterocycles. The van der Waals surface area contributed by atoms with E-state index in [0.29, 0.717) is 5.92 Å². The van der Waals surface area contributed by atoms with Gasteiger partial charge in [0.05, 0.1) is 5.69 Å². The lowest BCUT2D eigenvalue weighted by Gasteiger charge is -2.32. The number of carbonyl (C=O) groups excluding carboxylic acids is 1. The van der Waals surface area contributed by atoms with E-state index in [9.17, 15) is 4.79 Å². The number of hydrogen-bond acceptors (Lipinski definition) is 4. The van der Waals surface area contributed by atoms with Gasteiger partial charge in [-0.05, 0) is 49.4 Å². The van der Waals surface area contributed by atoms with Crippen LogP contribution in [0.4, 0.5) is 11.5 Å². The van der Waals surface area contributed by atoms with Gasteiger partial charge in [-0.1, -0.05) is 32.0 Å². The van der Waals surface area contributed by atoms with Gasteiger partial charge < -0.3 is 10.2 Å². The van der Waals surface area contributed by atoms with E-state index in [4.69, 9.17) is 0 Å². The number of benzene rings is 1. The predicted molar refractivity (Wildman–Crippen MR) is 101 cm³/mol. The van der Waals surface area contributed by atoms with Gasteiger partial charge in [-0.15, -0.1) is 5.10 Å². The molecule has 5 nitrogen and oxygen atoms in total. The highest BCUT2D eigenvalue weighted by Gasteiger charge is 2.26. The molecular formula is C20H26N4O. The molecule has 2 heterocycles. The van der Waals surface area contributed by atoms with Crippen molar-refractivity contribution in [1.29, 1.82) is 0 Å². The Morgan fingerprint density at radius 3 is 2.48 bits per heavy atom. The summed E-state index contributed by atoms with van der Waals surface area (Å²) in [5, 5.41) is 11.5. The number of anilines is 2. The van der Waals surface area contributed by atoms with Crippen molar-refractivity contribution in [1.82, 2.24) is 10.2 Å². The maximum atomic E-state index is 12.7. The van der Waals surface area contributed by atoms with E-state index in [1.165, 1.54) is 5.56 Å². The molecule has 0 saturated carbocycles. The van der Waals surface area contributed by atoms with E-state index in [1.807, 2.05) is 37.3 Å². The first-order valence-corrected chi connectivity index (χ1v) is 8.99. The first kappa shape index (κ1) is 17.4. The summed E-state index contributed by atoms with van der Waals surface area (Å²) in [6.45, 7) is 7.89. The zero-order valence-corrected chi connectivity index (χ0v) is 15.2. The summed E-state index contributed by atoms with van der Waals surface area (Å²) in [4.78, 5) is 14.9. The Labute approximate surface area is 149 Å². The van der Waals surface area contributed by atoms with Crippen LogP contribution in [0.25, 0.3) is 0 Å². The normalized spacial score (nSPS) is 15.4. The number of aryl methyl sites for hydroxylation is 1. The Bertz CT molecular complexity index is 719. The second-order valence-electron chi connectivity index (χ2n) is 7.03. The van der Waals surface area contributed by atoms with Crippen molar-refractivity contribution in [2.45, 2.75) is 39.5 Å². The van der Waals surface area contributed by atoms with Gasteiger partial charge in [-0.2, -0.15) is 5.10 Å². The summed E-state index contributed by atoms with van der Waals surface area (Å²) in [5.74, 6) is 1.46. The monoisotopic (exact) mass is 338 g/mol. The fraction of sp³-hybridized carbons (Fsp3) is 0.450. The molecule has 0 bridgehead atoms. The summed E-state index contributed by atoms with van der Waals surface area (Å²) in [5.41, 5.74) is 3.04. The van der Waals surface area contributed by atoms with Crippen molar-refractivity contribution in [3.63, 3.8) is 0 Å². The van der Waals surface area contributed by atoms with Crippen molar-refractivity contribution in [3.05, 3.63) is 47.7 Å². The Morgan fingerprint density at radius 1 is 1.12 bits per heavy atom. The molecule has 1 aliphatic rings. The van der Waals surface area contributed by atoms with Crippen LogP contribution in [0.3, 0.4) is 0 Å². The molecule has 1 aromatic carbocycles. The zero-order valence-electron chi connectivity index (χ0n) is 15.2. The van der Waals surface area contributed by atoms with Crippen molar-refractivity contribution in [2.24, 2.45) is 5.92 Å². The summed E-state index contributed by atoms with van der Waals surface area (Å²) in [6.07, 6.45) is 1.68. The summed E-state index contributed by atoms with van der Waals surface area (Å²) in [7, 11) is 0. The molecule has 0 aliphatic carbocycles. The maximum Gasteiger partial charge on any atom is 0.227 e. The number of carbonyl (C=O) groups is 1. The van der Waals surface area contributed by atoms with Gasteiger partial charge in [-0.25, -0.2) is 0 Å². The number of piperidine rings is 1. The van der Waals surface area contributed by atoms with E-state index >= 15 is 0 Å². The zero-order chi connectivity index (χ0) is 17.8. The van der Waals surface area contributed by atoms with E-state index in [2.05, 4.69) is 40.3 Å². The molecule has 25 heavy (non-hydrogen) atoms. The Balaban J connectivity index is 1.59. The van der Waals surface area contributed by atoms with Crippen LogP contribution in [-0.2, 0) is 4.79 Å². The smallest absolute Gasteiger partial charge is 0.227 e. The number of hydrogen-bond donors (Lipinski definition) is 1. The van der Waals surface area contributed by atoms with Crippen LogP contribution in [0.15, 0.2) is 36.4 Å². The predicted octanol–water partition coefficient (Wildman–Crippen LogP) is 3.76. The molecule has 1 saturated heterocycles. The standard InChI is InChI=1S/C20H26N4O/c1-14(2)17-6-4-5-7-18(17)21-20(25)16-10-12-24(13-11-16)19-9-8-15(3)22-23-19/h4-9,14,16H,10-13H2,1-3H3,(H,21,25). The molecule has 132 valence electrons. The number of amides is 1. The maximum absolute atomic E-state index is 12.7. The average Bonchev–Trinajstić information content (AvgIpc) is 2.63. The summed E-state index contributed by atoms with van der Waals surface area (Å²) >= 11 is 0. The van der Waals surface area contributed by atoms with E-state index < -0.39 is 0 Å². The Kier molecular flexibility index (Phi) is 5.31. The number of aromatic nitrogens is 2. The van der Waals surface area contributed by atoms with Crippen molar-refractivity contribution < 1.29 is 4.79 Å². The summed E-state index contributed by atoms with van der Waals surface area (Å²) in [6, 6.07) is 12.0. The molecule has 3 rings (SSSR count). The fourth-order valence-corrected chi connectivity index (χ4v) is 3.28. The lowest BCUT2D eigenvalue weighted by Crippen LogP contribution is -2.38. The first-order chi connectivity index (χ1) is 12.0. The molecular weight excluding hydrogens is 312 g/mol. The van der Waals surface area contributed by atoms with Gasteiger partial charge in [0.15, 0.2) is 5.82 Å². The topological polar surface area (TPSA) is 58.1 Å². The number of rotatable bonds is 4. The minimum atomic E-state index is 0.0508. The van der Waals surface area contributed by atoms with Gasteiger partial charge in [0.2, 0.25) is 5.91 Å². The van der Waals surface area contributed by atoms with Gasteiger partial charge in [0.25, 0.3) is 0 Å². The van der Waals surface area contributed by atoms with Crippen LogP contribution in [-0.4, -0.2) is 29.2 Å². The minimum Gasteiger partial charge on any atom is -0.355 e.